The minimum Gasteiger partial charge on any atom is -0.329 e. The molecule has 2 amide bonds. The van der Waals surface area contributed by atoms with Crippen LogP contribution in [0.4, 0.5) is 23.7 Å². The first-order valence-electron chi connectivity index (χ1n) is 4.34. The van der Waals surface area contributed by atoms with E-state index >= 15 is 0 Å². The summed E-state index contributed by atoms with van der Waals surface area (Å²) in [4.78, 5) is 11.1. The Morgan fingerprint density at radius 2 is 2.06 bits per heavy atom. The summed E-state index contributed by atoms with van der Waals surface area (Å²) in [5.41, 5.74) is 0.231. The second-order valence-electron chi connectivity index (χ2n) is 3.05. The first-order chi connectivity index (χ1) is 7.78. The van der Waals surface area contributed by atoms with Crippen molar-refractivity contribution in [2.45, 2.75) is 6.18 Å². The fourth-order valence-corrected chi connectivity index (χ4v) is 1.66. The molecule has 0 saturated carbocycles. The second-order valence-corrected chi connectivity index (χ2v) is 4.37. The van der Waals surface area contributed by atoms with Crippen molar-refractivity contribution in [2.75, 3.05) is 11.9 Å². The highest BCUT2D eigenvalue weighted by Crippen LogP contribution is 2.25. The molecule has 17 heavy (non-hydrogen) atoms. The Morgan fingerprint density at radius 3 is 2.59 bits per heavy atom. The number of amides is 2. The zero-order valence-corrected chi connectivity index (χ0v) is 10.6. The normalized spacial score (nSPS) is 11.1. The number of carbonyl (C=O) groups excluding carboxylic acids is 1. The van der Waals surface area contributed by atoms with Gasteiger partial charge in [0.05, 0.1) is 10.7 Å². The van der Waals surface area contributed by atoms with Gasteiger partial charge in [-0.3, -0.25) is 0 Å². The molecule has 94 valence electrons. The Morgan fingerprint density at radius 1 is 1.41 bits per heavy atom. The summed E-state index contributed by atoms with van der Waals surface area (Å²) in [6.45, 7) is -1.40. The summed E-state index contributed by atoms with van der Waals surface area (Å²) in [5.74, 6) is 0. The molecule has 0 fully saturated rings. The largest absolute Gasteiger partial charge is 0.405 e. The van der Waals surface area contributed by atoms with Gasteiger partial charge in [0, 0.05) is 4.47 Å². The van der Waals surface area contributed by atoms with Crippen molar-refractivity contribution in [3.63, 3.8) is 0 Å². The molecule has 2 N–H and O–H groups in total. The summed E-state index contributed by atoms with van der Waals surface area (Å²) in [5, 5.41) is 4.10. The molecule has 0 aliphatic rings. The number of benzene rings is 1. The number of hydrogen-bond acceptors (Lipinski definition) is 1. The van der Waals surface area contributed by atoms with E-state index in [9.17, 15) is 18.0 Å². The van der Waals surface area contributed by atoms with Crippen LogP contribution in [0.5, 0.6) is 0 Å². The van der Waals surface area contributed by atoms with Crippen molar-refractivity contribution in [2.24, 2.45) is 0 Å². The van der Waals surface area contributed by atoms with Gasteiger partial charge in [-0.1, -0.05) is 27.5 Å². The number of alkyl halides is 3. The first kappa shape index (κ1) is 14.1. The third-order valence-corrected chi connectivity index (χ3v) is 2.43. The molecule has 0 radical (unpaired) electrons. The Bertz CT molecular complexity index is 425. The number of nitrogens with one attached hydrogen (secondary N) is 2. The molecule has 0 atom stereocenters. The monoisotopic (exact) mass is 330 g/mol. The first-order valence-corrected chi connectivity index (χ1v) is 5.52. The van der Waals surface area contributed by atoms with Gasteiger partial charge in [-0.05, 0) is 18.2 Å². The van der Waals surface area contributed by atoms with E-state index in [1.807, 2.05) is 0 Å². The number of hydrogen-bond donors (Lipinski definition) is 2. The summed E-state index contributed by atoms with van der Waals surface area (Å²) in [6, 6.07) is 3.62. The smallest absolute Gasteiger partial charge is 0.329 e. The van der Waals surface area contributed by atoms with Gasteiger partial charge in [-0.25, -0.2) is 4.79 Å². The van der Waals surface area contributed by atoms with E-state index in [1.165, 1.54) is 12.1 Å². The van der Waals surface area contributed by atoms with Crippen LogP contribution in [0, 0.1) is 0 Å². The van der Waals surface area contributed by atoms with Crippen molar-refractivity contribution < 1.29 is 18.0 Å². The lowest BCUT2D eigenvalue weighted by molar-refractivity contribution is -0.122. The molecule has 1 aromatic rings. The van der Waals surface area contributed by atoms with Gasteiger partial charge in [0.25, 0.3) is 0 Å². The van der Waals surface area contributed by atoms with Gasteiger partial charge in [0.1, 0.15) is 6.54 Å². The molecular weight excluding hydrogens is 324 g/mol. The van der Waals surface area contributed by atoms with Gasteiger partial charge < -0.3 is 10.6 Å². The average Bonchev–Trinajstić information content (AvgIpc) is 2.18. The van der Waals surface area contributed by atoms with Crippen LogP contribution in [0.1, 0.15) is 0 Å². The van der Waals surface area contributed by atoms with E-state index in [0.717, 1.165) is 0 Å². The molecule has 1 rings (SSSR count). The van der Waals surface area contributed by atoms with E-state index < -0.39 is 18.8 Å². The highest BCUT2D eigenvalue weighted by Gasteiger charge is 2.27. The minimum absolute atomic E-state index is 0.224. The number of rotatable bonds is 2. The summed E-state index contributed by atoms with van der Waals surface area (Å²) in [7, 11) is 0. The molecule has 0 spiro atoms. The molecule has 0 unspecified atom stereocenters. The average molecular weight is 332 g/mol. The van der Waals surface area contributed by atoms with Crippen LogP contribution in [0.3, 0.4) is 0 Å². The lowest BCUT2D eigenvalue weighted by Crippen LogP contribution is -2.36. The predicted molar refractivity (Wildman–Crippen MR) is 62.2 cm³/mol. The lowest BCUT2D eigenvalue weighted by Gasteiger charge is -2.10. The Kier molecular flexibility index (Phi) is 4.64. The standard InChI is InChI=1S/C9H7BrClF3N2O/c10-5-1-2-7(6(11)3-5)16-8(17)15-4-9(12,13)14/h1-3H,4H2,(H2,15,16,17). The van der Waals surface area contributed by atoms with E-state index in [1.54, 1.807) is 11.4 Å². The van der Waals surface area contributed by atoms with Gasteiger partial charge in [0.2, 0.25) is 0 Å². The maximum Gasteiger partial charge on any atom is 0.405 e. The molecule has 0 bridgehead atoms. The van der Waals surface area contributed by atoms with E-state index in [4.69, 9.17) is 11.6 Å². The summed E-state index contributed by atoms with van der Waals surface area (Å²) in [6.07, 6.45) is -4.44. The van der Waals surface area contributed by atoms with Crippen molar-refractivity contribution in [1.29, 1.82) is 0 Å². The van der Waals surface area contributed by atoms with Crippen LogP contribution in [-0.4, -0.2) is 18.8 Å². The zero-order chi connectivity index (χ0) is 13.1. The minimum atomic E-state index is -4.44. The Labute approximate surface area is 108 Å². The van der Waals surface area contributed by atoms with Gasteiger partial charge >= 0.3 is 12.2 Å². The Hall–Kier alpha value is -0.950. The molecule has 0 saturated heterocycles. The fourth-order valence-electron chi connectivity index (χ4n) is 0.938. The highest BCUT2D eigenvalue weighted by molar-refractivity contribution is 9.10. The lowest BCUT2D eigenvalue weighted by atomic mass is 10.3. The highest BCUT2D eigenvalue weighted by atomic mass is 79.9. The predicted octanol–water partition coefficient (Wildman–Crippen LogP) is 3.79. The van der Waals surface area contributed by atoms with E-state index in [2.05, 4.69) is 21.2 Å². The number of urea groups is 1. The molecular formula is C9H7BrClF3N2O. The van der Waals surface area contributed by atoms with E-state index in [-0.39, 0.29) is 10.7 Å². The molecule has 8 heteroatoms. The molecule has 3 nitrogen and oxygen atoms in total. The summed E-state index contributed by atoms with van der Waals surface area (Å²) < 4.78 is 36.1. The van der Waals surface area contributed by atoms with Crippen LogP contribution in [0.15, 0.2) is 22.7 Å². The van der Waals surface area contributed by atoms with Crippen molar-refractivity contribution in [3.8, 4) is 0 Å². The topological polar surface area (TPSA) is 41.1 Å². The van der Waals surface area contributed by atoms with Crippen LogP contribution in [0.25, 0.3) is 0 Å². The number of anilines is 1. The van der Waals surface area contributed by atoms with Crippen molar-refractivity contribution in [3.05, 3.63) is 27.7 Å². The van der Waals surface area contributed by atoms with Gasteiger partial charge in [-0.2, -0.15) is 13.2 Å². The summed E-state index contributed by atoms with van der Waals surface area (Å²) >= 11 is 8.93. The van der Waals surface area contributed by atoms with Crippen LogP contribution >= 0.6 is 27.5 Å². The molecule has 0 heterocycles. The van der Waals surface area contributed by atoms with E-state index in [0.29, 0.717) is 4.47 Å². The van der Waals surface area contributed by atoms with Crippen LogP contribution in [-0.2, 0) is 0 Å². The number of halogens is 5. The SMILES string of the molecule is O=C(NCC(F)(F)F)Nc1ccc(Br)cc1Cl. The molecule has 0 aliphatic carbocycles. The molecule has 0 aromatic heterocycles. The third-order valence-electron chi connectivity index (χ3n) is 1.63. The van der Waals surface area contributed by atoms with Crippen LogP contribution in [0.2, 0.25) is 5.02 Å². The maximum atomic E-state index is 11.8. The quantitative estimate of drug-likeness (QED) is 0.850. The fraction of sp³-hybridized carbons (Fsp3) is 0.222. The zero-order valence-electron chi connectivity index (χ0n) is 8.24. The Balaban J connectivity index is 2.57. The third kappa shape index (κ3) is 5.27. The maximum absolute atomic E-state index is 11.8. The van der Waals surface area contributed by atoms with Gasteiger partial charge in [0.15, 0.2) is 0 Å². The van der Waals surface area contributed by atoms with Crippen LogP contribution < -0.4 is 10.6 Å². The molecule has 1 aromatic carbocycles. The van der Waals surface area contributed by atoms with Gasteiger partial charge in [-0.15, -0.1) is 0 Å². The second kappa shape index (κ2) is 5.59. The molecule has 0 aliphatic heterocycles. The number of carbonyl (C=O) groups is 1. The van der Waals surface area contributed by atoms with Crippen molar-refractivity contribution in [1.82, 2.24) is 5.32 Å². The van der Waals surface area contributed by atoms with Crippen molar-refractivity contribution >= 4 is 39.2 Å².